The number of rotatable bonds is 1. The smallest absolute Gasteiger partial charge is 0.321 e. The van der Waals surface area contributed by atoms with E-state index in [1.807, 2.05) is 0 Å². The molecule has 0 amide bonds. The van der Waals surface area contributed by atoms with Crippen LogP contribution in [0.3, 0.4) is 0 Å². The van der Waals surface area contributed by atoms with E-state index in [1.54, 1.807) is 0 Å². The predicted octanol–water partition coefficient (Wildman–Crippen LogP) is 0.304. The number of carbonyl (C=O) groups excluding carboxylic acids is 1. The fourth-order valence-electron chi connectivity index (χ4n) is 0.357. The van der Waals surface area contributed by atoms with Crippen LogP contribution in [0.15, 0.2) is 12.7 Å². The topological polar surface area (TPSA) is 26.3 Å². The minimum atomic E-state index is -0.227. The van der Waals surface area contributed by atoms with Crippen molar-refractivity contribution >= 4 is 5.97 Å². The largest absolute Gasteiger partial charge is 0.463 e. The number of hydrogen-bond donors (Lipinski definition) is 0. The van der Waals surface area contributed by atoms with Crippen molar-refractivity contribution in [2.24, 2.45) is 0 Å². The average Bonchev–Trinajstić information content (AvgIpc) is 1.65. The highest BCUT2D eigenvalue weighted by atomic mass is 16.6. The van der Waals surface area contributed by atoms with E-state index < -0.39 is 0 Å². The lowest BCUT2D eigenvalue weighted by atomic mass is 10.1. The SMILES string of the molecule is C=C[C]1COC1=O. The second-order valence-corrected chi connectivity index (χ2v) is 1.31. The summed E-state index contributed by atoms with van der Waals surface area (Å²) in [5, 5.41) is 0. The van der Waals surface area contributed by atoms with Crippen molar-refractivity contribution in [2.75, 3.05) is 6.61 Å². The molecule has 1 rings (SSSR count). The molecule has 0 aromatic rings. The third kappa shape index (κ3) is 0.515. The van der Waals surface area contributed by atoms with Crippen LogP contribution < -0.4 is 0 Å². The Labute approximate surface area is 41.8 Å². The van der Waals surface area contributed by atoms with Crippen LogP contribution in [-0.4, -0.2) is 12.6 Å². The fraction of sp³-hybridized carbons (Fsp3) is 0.200. The Balaban J connectivity index is 2.43. The van der Waals surface area contributed by atoms with Gasteiger partial charge in [-0.15, -0.1) is 6.58 Å². The standard InChI is InChI=1S/C5H5O2/c1-2-4-3-7-5(4)6/h2H,1,3H2. The third-order valence-electron chi connectivity index (χ3n) is 0.867. The van der Waals surface area contributed by atoms with Gasteiger partial charge in [-0.2, -0.15) is 0 Å². The Hall–Kier alpha value is -0.790. The van der Waals surface area contributed by atoms with E-state index in [9.17, 15) is 4.79 Å². The molecule has 0 bridgehead atoms. The molecule has 1 aliphatic rings. The molecule has 0 aliphatic carbocycles. The highest BCUT2D eigenvalue weighted by Crippen LogP contribution is 2.14. The summed E-state index contributed by atoms with van der Waals surface area (Å²) in [6, 6.07) is 0. The Kier molecular flexibility index (Phi) is 0.855. The third-order valence-corrected chi connectivity index (χ3v) is 0.867. The summed E-state index contributed by atoms with van der Waals surface area (Å²) in [6.45, 7) is 3.84. The molecular weight excluding hydrogens is 92.1 g/mol. The zero-order valence-corrected chi connectivity index (χ0v) is 3.81. The number of ether oxygens (including phenoxy) is 1. The first kappa shape index (κ1) is 4.37. The van der Waals surface area contributed by atoms with Gasteiger partial charge >= 0.3 is 5.97 Å². The molecule has 0 aromatic carbocycles. The summed E-state index contributed by atoms with van der Waals surface area (Å²) in [6.07, 6.45) is 1.52. The van der Waals surface area contributed by atoms with Gasteiger partial charge in [0.2, 0.25) is 0 Å². The molecule has 1 fully saturated rings. The number of esters is 1. The summed E-state index contributed by atoms with van der Waals surface area (Å²) in [5.41, 5.74) is 0. The normalized spacial score (nSPS) is 20.3. The quantitative estimate of drug-likeness (QED) is 0.440. The molecule has 2 nitrogen and oxygen atoms in total. The summed E-state index contributed by atoms with van der Waals surface area (Å²) < 4.78 is 4.39. The fourth-order valence-corrected chi connectivity index (χ4v) is 0.357. The number of carbonyl (C=O) groups is 1. The molecule has 0 atom stereocenters. The molecule has 2 heteroatoms. The van der Waals surface area contributed by atoms with Crippen LogP contribution in [0.5, 0.6) is 0 Å². The van der Waals surface area contributed by atoms with E-state index >= 15 is 0 Å². The van der Waals surface area contributed by atoms with Gasteiger partial charge in [0.1, 0.15) is 12.5 Å². The summed E-state index contributed by atoms with van der Waals surface area (Å²) in [7, 11) is 0. The molecule has 0 saturated carbocycles. The molecule has 1 saturated heterocycles. The average molecular weight is 97.1 g/mol. The number of cyclic esters (lactones) is 1. The molecule has 0 N–H and O–H groups in total. The minimum Gasteiger partial charge on any atom is -0.463 e. The first-order chi connectivity index (χ1) is 3.34. The molecule has 1 heterocycles. The lowest BCUT2D eigenvalue weighted by Crippen LogP contribution is -2.30. The molecule has 0 unspecified atom stereocenters. The second-order valence-electron chi connectivity index (χ2n) is 1.31. The first-order valence-corrected chi connectivity index (χ1v) is 2.00. The van der Waals surface area contributed by atoms with Crippen LogP contribution in [0, 0.1) is 5.92 Å². The Morgan fingerprint density at radius 1 is 1.86 bits per heavy atom. The van der Waals surface area contributed by atoms with Crippen LogP contribution in [0.1, 0.15) is 0 Å². The predicted molar refractivity (Wildman–Crippen MR) is 24.4 cm³/mol. The highest BCUT2D eigenvalue weighted by molar-refractivity contribution is 5.92. The van der Waals surface area contributed by atoms with Crippen LogP contribution in [0.4, 0.5) is 0 Å². The molecule has 0 spiro atoms. The van der Waals surface area contributed by atoms with Crippen molar-refractivity contribution in [3.05, 3.63) is 18.6 Å². The van der Waals surface area contributed by atoms with E-state index in [4.69, 9.17) is 0 Å². The van der Waals surface area contributed by atoms with Crippen LogP contribution in [0.25, 0.3) is 0 Å². The van der Waals surface area contributed by atoms with E-state index in [0.29, 0.717) is 12.5 Å². The van der Waals surface area contributed by atoms with Crippen molar-refractivity contribution in [2.45, 2.75) is 0 Å². The van der Waals surface area contributed by atoms with Gasteiger partial charge in [0.15, 0.2) is 0 Å². The van der Waals surface area contributed by atoms with Gasteiger partial charge in [-0.3, -0.25) is 4.79 Å². The minimum absolute atomic E-state index is 0.227. The second kappa shape index (κ2) is 1.37. The van der Waals surface area contributed by atoms with Crippen LogP contribution in [0.2, 0.25) is 0 Å². The molecular formula is C5H5O2. The zero-order valence-electron chi connectivity index (χ0n) is 3.81. The van der Waals surface area contributed by atoms with E-state index in [-0.39, 0.29) is 5.97 Å². The maximum absolute atomic E-state index is 10.1. The summed E-state index contributed by atoms with van der Waals surface area (Å²) >= 11 is 0. The lowest BCUT2D eigenvalue weighted by molar-refractivity contribution is -0.151. The van der Waals surface area contributed by atoms with Gasteiger partial charge in [-0.25, -0.2) is 0 Å². The summed E-state index contributed by atoms with van der Waals surface area (Å²) in [5.74, 6) is 0.454. The van der Waals surface area contributed by atoms with Gasteiger partial charge in [-0.1, -0.05) is 6.08 Å². The van der Waals surface area contributed by atoms with Gasteiger partial charge in [0.25, 0.3) is 0 Å². The lowest BCUT2D eigenvalue weighted by Gasteiger charge is -2.19. The highest BCUT2D eigenvalue weighted by Gasteiger charge is 2.27. The molecule has 0 aromatic heterocycles. The maximum atomic E-state index is 10.1. The molecule has 37 valence electrons. The Morgan fingerprint density at radius 3 is 2.57 bits per heavy atom. The zero-order chi connectivity index (χ0) is 5.28. The van der Waals surface area contributed by atoms with Crippen molar-refractivity contribution in [1.82, 2.24) is 0 Å². The Morgan fingerprint density at radius 2 is 2.57 bits per heavy atom. The van der Waals surface area contributed by atoms with Gasteiger partial charge in [0.05, 0.1) is 0 Å². The molecule has 1 aliphatic heterocycles. The Bertz CT molecular complexity index is 107. The van der Waals surface area contributed by atoms with Gasteiger partial charge in [0, 0.05) is 0 Å². The van der Waals surface area contributed by atoms with Crippen molar-refractivity contribution in [3.63, 3.8) is 0 Å². The monoisotopic (exact) mass is 97.0 g/mol. The summed E-state index contributed by atoms with van der Waals surface area (Å²) in [4.78, 5) is 10.1. The van der Waals surface area contributed by atoms with Crippen molar-refractivity contribution < 1.29 is 9.53 Å². The molecule has 7 heavy (non-hydrogen) atoms. The van der Waals surface area contributed by atoms with Crippen molar-refractivity contribution in [1.29, 1.82) is 0 Å². The number of hydrogen-bond acceptors (Lipinski definition) is 2. The van der Waals surface area contributed by atoms with E-state index in [2.05, 4.69) is 11.3 Å². The molecule has 1 radical (unpaired) electrons. The van der Waals surface area contributed by atoms with Crippen LogP contribution in [-0.2, 0) is 9.53 Å². The van der Waals surface area contributed by atoms with Gasteiger partial charge in [-0.05, 0) is 0 Å². The van der Waals surface area contributed by atoms with Gasteiger partial charge < -0.3 is 4.74 Å². The van der Waals surface area contributed by atoms with Crippen molar-refractivity contribution in [3.8, 4) is 0 Å². The first-order valence-electron chi connectivity index (χ1n) is 2.00. The van der Waals surface area contributed by atoms with E-state index in [0.717, 1.165) is 0 Å². The van der Waals surface area contributed by atoms with E-state index in [1.165, 1.54) is 6.08 Å². The maximum Gasteiger partial charge on any atom is 0.321 e. The van der Waals surface area contributed by atoms with Crippen LogP contribution >= 0.6 is 0 Å².